The van der Waals surface area contributed by atoms with E-state index >= 15 is 0 Å². The zero-order valence-corrected chi connectivity index (χ0v) is 37.3. The van der Waals surface area contributed by atoms with Gasteiger partial charge < -0.3 is 29.8 Å². The van der Waals surface area contributed by atoms with E-state index in [1.165, 1.54) is 12.5 Å². The maximum absolute atomic E-state index is 13.7. The summed E-state index contributed by atoms with van der Waals surface area (Å²) in [6.07, 6.45) is 11.9. The molecular formula is C48H57N11O6. The highest BCUT2D eigenvalue weighted by atomic mass is 16.2. The number of Topliss-reactive ketones (excluding diaryl/α,β-unsaturated/α-hetero) is 1. The van der Waals surface area contributed by atoms with E-state index < -0.39 is 6.04 Å². The first-order valence-corrected chi connectivity index (χ1v) is 23.5. The maximum Gasteiger partial charge on any atom is 0.320 e. The van der Waals surface area contributed by atoms with Crippen molar-refractivity contribution in [3.05, 3.63) is 80.9 Å². The Hall–Kier alpha value is -6.23. The van der Waals surface area contributed by atoms with Crippen LogP contribution in [0.3, 0.4) is 0 Å². The van der Waals surface area contributed by atoms with Gasteiger partial charge in [-0.05, 0) is 113 Å². The van der Waals surface area contributed by atoms with Crippen molar-refractivity contribution in [2.45, 2.75) is 109 Å². The molecule has 5 fully saturated rings. The zero-order chi connectivity index (χ0) is 44.9. The molecule has 1 aliphatic carbocycles. The largest absolute Gasteiger partial charge is 0.367 e. The fourth-order valence-corrected chi connectivity index (χ4v) is 11.3. The van der Waals surface area contributed by atoms with Gasteiger partial charge in [0, 0.05) is 81.5 Å². The first-order chi connectivity index (χ1) is 31.5. The van der Waals surface area contributed by atoms with Crippen molar-refractivity contribution in [2.24, 2.45) is 0 Å². The number of carbonyl (C=O) groups excluding carboxylic acids is 5. The number of aromatic nitrogens is 4. The van der Waals surface area contributed by atoms with Crippen LogP contribution in [0.25, 0.3) is 11.0 Å². The van der Waals surface area contributed by atoms with Gasteiger partial charge in [-0.1, -0.05) is 25.0 Å². The smallest absolute Gasteiger partial charge is 0.320 e. The minimum absolute atomic E-state index is 0.00162. The molecule has 17 heteroatoms. The molecule has 4 aromatic rings. The molecule has 0 radical (unpaired) electrons. The average molecular weight is 884 g/mol. The lowest BCUT2D eigenvalue weighted by molar-refractivity contribution is -0.136. The minimum Gasteiger partial charge on any atom is -0.367 e. The number of fused-ring (bicyclic) bond motifs is 2. The number of benzene rings is 1. The topological polar surface area (TPSA) is 186 Å². The van der Waals surface area contributed by atoms with E-state index in [1.54, 1.807) is 22.6 Å². The number of nitrogens with zero attached hydrogens (tertiary/aromatic N) is 9. The van der Waals surface area contributed by atoms with Crippen molar-refractivity contribution < 1.29 is 24.0 Å². The van der Waals surface area contributed by atoms with Crippen LogP contribution < -0.4 is 21.1 Å². The molecule has 3 aromatic heterocycles. The predicted octanol–water partition coefficient (Wildman–Crippen LogP) is 4.90. The molecule has 340 valence electrons. The van der Waals surface area contributed by atoms with Gasteiger partial charge in [-0.15, -0.1) is 0 Å². The number of carbonyl (C=O) groups is 5. The van der Waals surface area contributed by atoms with E-state index in [9.17, 15) is 28.8 Å². The Morgan fingerprint density at radius 2 is 1.52 bits per heavy atom. The number of amides is 5. The molecule has 4 saturated heterocycles. The molecule has 1 aromatic carbocycles. The standard InChI is InChI=1S/C48H57N11O6/c1-29-38-27-50-47(53-43(38)59(35-5-3-4-6-35)46(64)42(29)30(2)60)51-40-11-8-36(26-49-40)55-21-23-57(24-22-55)48(65)56-19-15-34(16-20-56)54-17-13-31(14-18-54)32-7-9-37-33(25-32)28-58(45(37)63)39-10-12-41(61)52-44(39)62/h7-9,11,25-27,31,34-35,39H,3-6,10,12-24,28H2,1-2H3,(H,52,61,62)(H,49,50,51,53). The summed E-state index contributed by atoms with van der Waals surface area (Å²) in [5.74, 6) is 0.254. The summed E-state index contributed by atoms with van der Waals surface area (Å²) >= 11 is 0. The van der Waals surface area contributed by atoms with Crippen molar-refractivity contribution in [1.29, 1.82) is 0 Å². The van der Waals surface area contributed by atoms with Gasteiger partial charge in [0.05, 0.1) is 17.4 Å². The van der Waals surface area contributed by atoms with Crippen LogP contribution in [-0.4, -0.2) is 133 Å². The highest BCUT2D eigenvalue weighted by Gasteiger charge is 2.40. The summed E-state index contributed by atoms with van der Waals surface area (Å²) in [6, 6.07) is 10.0. The molecule has 1 atom stereocenters. The molecule has 5 amide bonds. The van der Waals surface area contributed by atoms with Crippen molar-refractivity contribution in [3.63, 3.8) is 0 Å². The third kappa shape index (κ3) is 8.23. The highest BCUT2D eigenvalue weighted by molar-refractivity contribution is 6.05. The number of urea groups is 1. The summed E-state index contributed by atoms with van der Waals surface area (Å²) in [6.45, 7) is 9.81. The van der Waals surface area contributed by atoms with E-state index in [4.69, 9.17) is 4.98 Å². The van der Waals surface area contributed by atoms with Gasteiger partial charge in [-0.2, -0.15) is 4.98 Å². The second-order valence-corrected chi connectivity index (χ2v) is 18.7. The number of nitrogens with one attached hydrogen (secondary N) is 2. The Kier molecular flexibility index (Phi) is 11.6. The van der Waals surface area contributed by atoms with Crippen LogP contribution in [0.2, 0.25) is 0 Å². The first-order valence-electron chi connectivity index (χ1n) is 23.5. The molecule has 5 aliphatic heterocycles. The summed E-state index contributed by atoms with van der Waals surface area (Å²) in [5.41, 5.74) is 4.90. The van der Waals surface area contributed by atoms with E-state index in [1.807, 2.05) is 34.2 Å². The van der Waals surface area contributed by atoms with Gasteiger partial charge in [-0.3, -0.25) is 33.9 Å². The lowest BCUT2D eigenvalue weighted by Gasteiger charge is -2.44. The van der Waals surface area contributed by atoms with Crippen LogP contribution in [0.15, 0.2) is 47.5 Å². The fraction of sp³-hybridized carbons (Fsp3) is 0.521. The molecule has 17 nitrogen and oxygen atoms in total. The predicted molar refractivity (Wildman–Crippen MR) is 243 cm³/mol. The molecular weight excluding hydrogens is 827 g/mol. The molecule has 1 unspecified atom stereocenters. The second kappa shape index (κ2) is 17.6. The van der Waals surface area contributed by atoms with E-state index in [-0.39, 0.29) is 53.1 Å². The summed E-state index contributed by atoms with van der Waals surface area (Å²) in [4.78, 5) is 102. The van der Waals surface area contributed by atoms with Crippen molar-refractivity contribution in [2.75, 3.05) is 62.6 Å². The van der Waals surface area contributed by atoms with Gasteiger partial charge in [-0.25, -0.2) is 14.8 Å². The number of hydrogen-bond donors (Lipinski definition) is 2. The van der Waals surface area contributed by atoms with Crippen molar-refractivity contribution >= 4 is 58.0 Å². The summed E-state index contributed by atoms with van der Waals surface area (Å²) in [5, 5.41) is 6.29. The summed E-state index contributed by atoms with van der Waals surface area (Å²) < 4.78 is 1.71. The number of hydrogen-bond acceptors (Lipinski definition) is 12. The van der Waals surface area contributed by atoms with Crippen LogP contribution in [0, 0.1) is 6.92 Å². The van der Waals surface area contributed by atoms with Crippen LogP contribution in [-0.2, 0) is 16.1 Å². The molecule has 65 heavy (non-hydrogen) atoms. The number of likely N-dealkylation sites (tertiary alicyclic amines) is 2. The van der Waals surface area contributed by atoms with Gasteiger partial charge in [0.2, 0.25) is 17.8 Å². The van der Waals surface area contributed by atoms with Gasteiger partial charge >= 0.3 is 6.03 Å². The number of ketones is 1. The van der Waals surface area contributed by atoms with Crippen LogP contribution in [0.5, 0.6) is 0 Å². The van der Waals surface area contributed by atoms with Gasteiger partial charge in [0.25, 0.3) is 11.5 Å². The molecule has 10 rings (SSSR count). The number of piperazine rings is 1. The van der Waals surface area contributed by atoms with Crippen molar-refractivity contribution in [1.82, 2.24) is 44.4 Å². The quantitative estimate of drug-likeness (QED) is 0.180. The number of aryl methyl sites for hydroxylation is 1. The molecule has 1 saturated carbocycles. The van der Waals surface area contributed by atoms with Crippen LogP contribution in [0.1, 0.15) is 120 Å². The Morgan fingerprint density at radius 3 is 2.22 bits per heavy atom. The number of rotatable bonds is 8. The van der Waals surface area contributed by atoms with E-state index in [0.29, 0.717) is 85.0 Å². The van der Waals surface area contributed by atoms with Gasteiger partial charge in [0.1, 0.15) is 17.5 Å². The molecule has 2 N–H and O–H groups in total. The SMILES string of the molecule is CC(=O)c1c(C)c2cnc(Nc3ccc(N4CCN(C(=O)N5CCC(N6CCC(c7ccc8c(c7)CN(C7CCC(=O)NC7=O)C8=O)CC6)CC5)CC4)cn3)nc2n(C2CCCC2)c1=O. The Balaban J connectivity index is 0.685. The fourth-order valence-electron chi connectivity index (χ4n) is 11.3. The van der Waals surface area contributed by atoms with Crippen molar-refractivity contribution in [3.8, 4) is 0 Å². The molecule has 8 heterocycles. The number of pyridine rings is 2. The lowest BCUT2D eigenvalue weighted by atomic mass is 9.86. The Labute approximate surface area is 377 Å². The van der Waals surface area contributed by atoms with Crippen LogP contribution >= 0.6 is 0 Å². The van der Waals surface area contributed by atoms with E-state index in [2.05, 4.69) is 42.5 Å². The highest BCUT2D eigenvalue weighted by Crippen LogP contribution is 2.36. The Morgan fingerprint density at radius 1 is 0.785 bits per heavy atom. The lowest BCUT2D eigenvalue weighted by Crippen LogP contribution is -2.55. The van der Waals surface area contributed by atoms with Crippen LogP contribution in [0.4, 0.5) is 22.2 Å². The third-order valence-corrected chi connectivity index (χ3v) is 15.0. The van der Waals surface area contributed by atoms with Gasteiger partial charge in [0.15, 0.2) is 5.78 Å². The number of piperidine rings is 3. The summed E-state index contributed by atoms with van der Waals surface area (Å²) in [7, 11) is 0. The first kappa shape index (κ1) is 42.7. The molecule has 0 spiro atoms. The monoisotopic (exact) mass is 883 g/mol. The van der Waals surface area contributed by atoms with E-state index in [0.717, 1.165) is 88.8 Å². The number of imide groups is 1. The number of anilines is 3. The second-order valence-electron chi connectivity index (χ2n) is 18.7. The third-order valence-electron chi connectivity index (χ3n) is 15.0. The minimum atomic E-state index is -0.605. The zero-order valence-electron chi connectivity index (χ0n) is 37.3. The molecule has 0 bridgehead atoms. The average Bonchev–Trinajstić information content (AvgIpc) is 3.97. The maximum atomic E-state index is 13.7. The molecule has 6 aliphatic rings. The Bertz CT molecular complexity index is 2600. The normalized spacial score (nSPS) is 21.6.